The first kappa shape index (κ1) is 22.5. The molecule has 166 valence electrons. The molecule has 0 aliphatic carbocycles. The van der Waals surface area contributed by atoms with E-state index in [-0.39, 0.29) is 36.1 Å². The zero-order valence-electron chi connectivity index (χ0n) is 17.7. The molecule has 0 fully saturated rings. The summed E-state index contributed by atoms with van der Waals surface area (Å²) in [6.07, 6.45) is 0. The molecule has 0 saturated heterocycles. The Morgan fingerprint density at radius 1 is 0.969 bits per heavy atom. The molecule has 9 heteroatoms. The second-order valence-corrected chi connectivity index (χ2v) is 6.83. The van der Waals surface area contributed by atoms with E-state index < -0.39 is 11.5 Å². The van der Waals surface area contributed by atoms with E-state index in [9.17, 15) is 19.2 Å². The number of carbonyl (C=O) groups is 3. The Kier molecular flexibility index (Phi) is 7.22. The van der Waals surface area contributed by atoms with Gasteiger partial charge in [-0.2, -0.15) is 0 Å². The quantitative estimate of drug-likeness (QED) is 0.367. The molecule has 1 heterocycles. The van der Waals surface area contributed by atoms with Gasteiger partial charge in [0.1, 0.15) is 5.56 Å². The van der Waals surface area contributed by atoms with Crippen LogP contribution in [0.25, 0.3) is 11.0 Å². The molecule has 0 unspecified atom stereocenters. The van der Waals surface area contributed by atoms with Gasteiger partial charge in [-0.05, 0) is 43.3 Å². The van der Waals surface area contributed by atoms with Crippen LogP contribution in [-0.2, 0) is 4.79 Å². The van der Waals surface area contributed by atoms with Crippen molar-refractivity contribution in [2.45, 2.75) is 13.8 Å². The molecule has 0 radical (unpaired) electrons. The molecule has 0 atom stereocenters. The highest BCUT2D eigenvalue weighted by Crippen LogP contribution is 2.24. The number of nitrogens with one attached hydrogen (secondary N) is 3. The van der Waals surface area contributed by atoms with Crippen LogP contribution in [0.2, 0.25) is 0 Å². The summed E-state index contributed by atoms with van der Waals surface area (Å²) >= 11 is 0. The van der Waals surface area contributed by atoms with E-state index >= 15 is 0 Å². The van der Waals surface area contributed by atoms with Crippen LogP contribution in [0.15, 0.2) is 57.7 Å². The van der Waals surface area contributed by atoms with Crippen molar-refractivity contribution in [2.24, 2.45) is 0 Å². The molecular weight excluding hydrogens is 414 g/mol. The number of para-hydroxylation sites is 1. The Balaban J connectivity index is 1.56. The van der Waals surface area contributed by atoms with Crippen molar-refractivity contribution in [3.63, 3.8) is 0 Å². The maximum Gasteiger partial charge on any atom is 0.349 e. The van der Waals surface area contributed by atoms with Gasteiger partial charge in [0.05, 0.1) is 6.61 Å². The number of benzene rings is 2. The molecule has 0 bridgehead atoms. The summed E-state index contributed by atoms with van der Waals surface area (Å²) in [6, 6.07) is 13.0. The van der Waals surface area contributed by atoms with Crippen molar-refractivity contribution in [1.82, 2.24) is 10.6 Å². The van der Waals surface area contributed by atoms with Crippen molar-refractivity contribution in [3.05, 3.63) is 70.1 Å². The lowest BCUT2D eigenvalue weighted by Gasteiger charge is -2.09. The summed E-state index contributed by atoms with van der Waals surface area (Å²) in [4.78, 5) is 47.9. The zero-order valence-corrected chi connectivity index (χ0v) is 17.7. The van der Waals surface area contributed by atoms with E-state index in [0.29, 0.717) is 29.0 Å². The van der Waals surface area contributed by atoms with Crippen molar-refractivity contribution in [2.75, 3.05) is 25.0 Å². The van der Waals surface area contributed by atoms with E-state index in [1.807, 2.05) is 6.92 Å². The van der Waals surface area contributed by atoms with Gasteiger partial charge >= 0.3 is 5.63 Å². The average molecular weight is 437 g/mol. The zero-order chi connectivity index (χ0) is 23.1. The summed E-state index contributed by atoms with van der Waals surface area (Å²) in [6.45, 7) is 3.90. The first-order chi connectivity index (χ1) is 15.4. The van der Waals surface area contributed by atoms with Crippen LogP contribution in [0.1, 0.15) is 34.6 Å². The van der Waals surface area contributed by atoms with Gasteiger partial charge < -0.3 is 25.1 Å². The van der Waals surface area contributed by atoms with Crippen molar-refractivity contribution in [3.8, 4) is 5.75 Å². The lowest BCUT2D eigenvalue weighted by molar-refractivity contribution is -0.114. The third kappa shape index (κ3) is 5.51. The molecule has 3 amide bonds. The number of hydrogen-bond acceptors (Lipinski definition) is 6. The summed E-state index contributed by atoms with van der Waals surface area (Å²) in [5, 5.41) is 8.45. The van der Waals surface area contributed by atoms with Crippen LogP contribution in [0, 0.1) is 0 Å². The highest BCUT2D eigenvalue weighted by Gasteiger charge is 2.15. The number of rotatable bonds is 8. The molecule has 0 aliphatic rings. The van der Waals surface area contributed by atoms with Gasteiger partial charge in [-0.25, -0.2) is 4.79 Å². The Hall–Kier alpha value is -4.14. The maximum atomic E-state index is 12.4. The number of amides is 3. The average Bonchev–Trinajstić information content (AvgIpc) is 2.76. The third-order valence-corrected chi connectivity index (χ3v) is 4.43. The van der Waals surface area contributed by atoms with Gasteiger partial charge in [0.15, 0.2) is 11.3 Å². The Morgan fingerprint density at radius 2 is 1.66 bits per heavy atom. The van der Waals surface area contributed by atoms with Crippen molar-refractivity contribution in [1.29, 1.82) is 0 Å². The van der Waals surface area contributed by atoms with Crippen LogP contribution in [0.5, 0.6) is 5.75 Å². The monoisotopic (exact) mass is 437 g/mol. The number of anilines is 1. The Morgan fingerprint density at radius 3 is 2.31 bits per heavy atom. The van der Waals surface area contributed by atoms with Crippen molar-refractivity contribution < 1.29 is 23.5 Å². The fourth-order valence-electron chi connectivity index (χ4n) is 3.00. The fraction of sp³-hybridized carbons (Fsp3) is 0.217. The van der Waals surface area contributed by atoms with E-state index in [1.54, 1.807) is 42.5 Å². The molecule has 3 N–H and O–H groups in total. The van der Waals surface area contributed by atoms with Gasteiger partial charge in [0.25, 0.3) is 11.8 Å². The first-order valence-corrected chi connectivity index (χ1v) is 10.0. The topological polar surface area (TPSA) is 127 Å². The number of fused-ring (bicyclic) bond motifs is 1. The minimum atomic E-state index is -0.773. The largest absolute Gasteiger partial charge is 0.490 e. The summed E-state index contributed by atoms with van der Waals surface area (Å²) in [7, 11) is 0. The molecular formula is C23H23N3O6. The third-order valence-electron chi connectivity index (χ3n) is 4.43. The fourth-order valence-corrected chi connectivity index (χ4v) is 3.00. The minimum Gasteiger partial charge on any atom is -0.490 e. The summed E-state index contributed by atoms with van der Waals surface area (Å²) in [5.41, 5.74) is 0.374. The summed E-state index contributed by atoms with van der Waals surface area (Å²) in [5.74, 6) is -0.700. The lowest BCUT2D eigenvalue weighted by atomic mass is 10.1. The molecule has 3 rings (SSSR count). The van der Waals surface area contributed by atoms with Gasteiger partial charge in [0.2, 0.25) is 5.91 Å². The molecule has 0 spiro atoms. The van der Waals surface area contributed by atoms with Crippen LogP contribution in [0.4, 0.5) is 5.69 Å². The molecule has 2 aromatic carbocycles. The molecule has 1 aromatic heterocycles. The standard InChI is InChI=1S/C23H23N3O6/c1-3-31-19-6-4-5-16-13-18(23(30)32-20(16)19)22(29)25-12-11-24-21(28)15-7-9-17(10-8-15)26-14(2)27/h4-10,13H,3,11-12H2,1-2H3,(H,24,28)(H,25,29)(H,26,27). The van der Waals surface area contributed by atoms with Crippen LogP contribution in [0.3, 0.4) is 0 Å². The molecule has 0 saturated carbocycles. The highest BCUT2D eigenvalue weighted by atomic mass is 16.5. The van der Waals surface area contributed by atoms with Crippen LogP contribution in [-0.4, -0.2) is 37.4 Å². The van der Waals surface area contributed by atoms with Crippen molar-refractivity contribution >= 4 is 34.4 Å². The minimum absolute atomic E-state index is 0.116. The summed E-state index contributed by atoms with van der Waals surface area (Å²) < 4.78 is 10.7. The first-order valence-electron chi connectivity index (χ1n) is 10.0. The predicted molar refractivity (Wildman–Crippen MR) is 119 cm³/mol. The van der Waals surface area contributed by atoms with E-state index in [0.717, 1.165) is 0 Å². The van der Waals surface area contributed by atoms with E-state index in [4.69, 9.17) is 9.15 Å². The lowest BCUT2D eigenvalue weighted by Crippen LogP contribution is -2.36. The van der Waals surface area contributed by atoms with Gasteiger partial charge in [-0.15, -0.1) is 0 Å². The molecule has 9 nitrogen and oxygen atoms in total. The molecule has 32 heavy (non-hydrogen) atoms. The molecule has 3 aromatic rings. The number of ether oxygens (including phenoxy) is 1. The smallest absolute Gasteiger partial charge is 0.349 e. The second kappa shape index (κ2) is 10.3. The Labute approximate surface area is 183 Å². The maximum absolute atomic E-state index is 12.4. The highest BCUT2D eigenvalue weighted by molar-refractivity contribution is 5.98. The van der Waals surface area contributed by atoms with Gasteiger partial charge in [-0.3, -0.25) is 14.4 Å². The normalized spacial score (nSPS) is 10.4. The van der Waals surface area contributed by atoms with Gasteiger partial charge in [0, 0.05) is 36.7 Å². The van der Waals surface area contributed by atoms with E-state index in [2.05, 4.69) is 16.0 Å². The van der Waals surface area contributed by atoms with Gasteiger partial charge in [-0.1, -0.05) is 12.1 Å². The predicted octanol–water partition coefficient (Wildman–Crippen LogP) is 2.31. The second-order valence-electron chi connectivity index (χ2n) is 6.83. The van der Waals surface area contributed by atoms with E-state index in [1.165, 1.54) is 13.0 Å². The SMILES string of the molecule is CCOc1cccc2cc(C(=O)NCCNC(=O)c3ccc(NC(C)=O)cc3)c(=O)oc12. The van der Waals surface area contributed by atoms with Crippen LogP contribution >= 0.6 is 0 Å². The number of carbonyl (C=O) groups excluding carboxylic acids is 3. The Bertz CT molecular complexity index is 1200. The van der Waals surface area contributed by atoms with Crippen LogP contribution < -0.4 is 26.3 Å². The number of hydrogen-bond donors (Lipinski definition) is 3. The molecule has 0 aliphatic heterocycles.